The average Bonchev–Trinajstić information content (AvgIpc) is 3.08. The number of aromatic amines is 1. The predicted octanol–water partition coefficient (Wildman–Crippen LogP) is 1.61. The van der Waals surface area contributed by atoms with Gasteiger partial charge in [-0.1, -0.05) is 36.4 Å². The molecule has 0 fully saturated rings. The number of carbonyl (C=O) groups excluding carboxylic acids is 1. The molecule has 1 atom stereocenters. The minimum absolute atomic E-state index is 0.103. The van der Waals surface area contributed by atoms with Crippen LogP contribution in [0, 0.1) is 0 Å². The van der Waals surface area contributed by atoms with E-state index in [4.69, 9.17) is 5.73 Å². The molecular formula is C19H22N4O3S. The third-order valence-electron chi connectivity index (χ3n) is 4.22. The number of aromatic nitrogens is 2. The first-order valence-electron chi connectivity index (χ1n) is 8.57. The highest BCUT2D eigenvalue weighted by molar-refractivity contribution is 7.90. The number of hydrogen-bond acceptors (Lipinski definition) is 5. The molecule has 1 heterocycles. The van der Waals surface area contributed by atoms with E-state index in [-0.39, 0.29) is 18.1 Å². The molecular weight excluding hydrogens is 364 g/mol. The molecule has 0 bridgehead atoms. The zero-order valence-corrected chi connectivity index (χ0v) is 15.8. The molecule has 0 aliphatic heterocycles. The van der Waals surface area contributed by atoms with Crippen molar-refractivity contribution in [3.8, 4) is 11.4 Å². The quantitative estimate of drug-likeness (QED) is 0.570. The molecule has 0 aliphatic rings. The first-order chi connectivity index (χ1) is 12.8. The molecule has 8 heteroatoms. The van der Waals surface area contributed by atoms with Gasteiger partial charge in [-0.05, 0) is 24.1 Å². The van der Waals surface area contributed by atoms with E-state index in [2.05, 4.69) is 15.3 Å². The Kier molecular flexibility index (Phi) is 5.57. The lowest BCUT2D eigenvalue weighted by molar-refractivity contribution is -0.122. The van der Waals surface area contributed by atoms with Gasteiger partial charge in [-0.2, -0.15) is 0 Å². The van der Waals surface area contributed by atoms with E-state index in [1.807, 2.05) is 48.5 Å². The van der Waals surface area contributed by atoms with Crippen LogP contribution in [0.1, 0.15) is 12.0 Å². The van der Waals surface area contributed by atoms with Crippen molar-refractivity contribution in [2.75, 3.05) is 12.0 Å². The molecule has 27 heavy (non-hydrogen) atoms. The Labute approximate surface area is 157 Å². The fourth-order valence-corrected chi connectivity index (χ4v) is 3.34. The number of para-hydroxylation sites is 2. The Morgan fingerprint density at radius 3 is 2.56 bits per heavy atom. The lowest BCUT2D eigenvalue weighted by atomic mass is 10.1. The van der Waals surface area contributed by atoms with Gasteiger partial charge in [-0.3, -0.25) is 4.79 Å². The summed E-state index contributed by atoms with van der Waals surface area (Å²) in [5, 5.41) is 2.73. The summed E-state index contributed by atoms with van der Waals surface area (Å²) in [6.07, 6.45) is 1.23. The summed E-state index contributed by atoms with van der Waals surface area (Å²) < 4.78 is 22.3. The van der Waals surface area contributed by atoms with Crippen molar-refractivity contribution in [2.24, 2.45) is 5.73 Å². The van der Waals surface area contributed by atoms with E-state index in [9.17, 15) is 13.2 Å². The second-order valence-corrected chi connectivity index (χ2v) is 8.80. The van der Waals surface area contributed by atoms with Crippen LogP contribution in [-0.4, -0.2) is 42.3 Å². The molecule has 0 saturated carbocycles. The van der Waals surface area contributed by atoms with Crippen LogP contribution in [0.25, 0.3) is 22.4 Å². The van der Waals surface area contributed by atoms with Crippen LogP contribution < -0.4 is 11.1 Å². The van der Waals surface area contributed by atoms with E-state index in [1.54, 1.807) is 0 Å². The molecule has 3 aromatic rings. The summed E-state index contributed by atoms with van der Waals surface area (Å²) in [4.78, 5) is 19.8. The van der Waals surface area contributed by atoms with Gasteiger partial charge in [-0.15, -0.1) is 0 Å². The van der Waals surface area contributed by atoms with Crippen LogP contribution in [0.15, 0.2) is 48.5 Å². The monoisotopic (exact) mass is 386 g/mol. The summed E-state index contributed by atoms with van der Waals surface area (Å²) in [5.74, 6) is 0.322. The van der Waals surface area contributed by atoms with Crippen molar-refractivity contribution >= 4 is 26.8 Å². The van der Waals surface area contributed by atoms with E-state index in [0.717, 1.165) is 34.2 Å². The predicted molar refractivity (Wildman–Crippen MR) is 106 cm³/mol. The standard InChI is InChI=1S/C19H22N4O3S/c1-27(25,26)11-10-15(20)19(24)21-12-13-6-8-14(9-7-13)18-22-16-4-2-3-5-17(16)23-18/h2-9,15H,10-12,20H2,1H3,(H,21,24)(H,22,23). The first-order valence-corrected chi connectivity index (χ1v) is 10.6. The van der Waals surface area contributed by atoms with Crippen LogP contribution in [-0.2, 0) is 21.2 Å². The van der Waals surface area contributed by atoms with Crippen molar-refractivity contribution in [2.45, 2.75) is 19.0 Å². The van der Waals surface area contributed by atoms with Gasteiger partial charge in [0.05, 0.1) is 22.8 Å². The number of carbonyl (C=O) groups is 1. The fourth-order valence-electron chi connectivity index (χ4n) is 2.66. The number of sulfone groups is 1. The third-order valence-corrected chi connectivity index (χ3v) is 5.20. The van der Waals surface area contributed by atoms with Gasteiger partial charge in [0.15, 0.2) is 0 Å². The Bertz CT molecular complexity index is 1010. The summed E-state index contributed by atoms with van der Waals surface area (Å²) in [5.41, 5.74) is 9.49. The molecule has 0 aliphatic carbocycles. The van der Waals surface area contributed by atoms with Gasteiger partial charge in [0.2, 0.25) is 5.91 Å². The lowest BCUT2D eigenvalue weighted by Crippen LogP contribution is -2.41. The second-order valence-electron chi connectivity index (χ2n) is 6.54. The highest BCUT2D eigenvalue weighted by atomic mass is 32.2. The Balaban J connectivity index is 1.58. The number of benzene rings is 2. The smallest absolute Gasteiger partial charge is 0.237 e. The normalized spacial score (nSPS) is 12.8. The summed E-state index contributed by atoms with van der Waals surface area (Å²) >= 11 is 0. The van der Waals surface area contributed by atoms with Gasteiger partial charge in [0.25, 0.3) is 0 Å². The molecule has 1 unspecified atom stereocenters. The lowest BCUT2D eigenvalue weighted by Gasteiger charge is -2.12. The minimum Gasteiger partial charge on any atom is -0.351 e. The number of fused-ring (bicyclic) bond motifs is 1. The fraction of sp³-hybridized carbons (Fsp3) is 0.263. The molecule has 1 amide bonds. The van der Waals surface area contributed by atoms with Crippen LogP contribution >= 0.6 is 0 Å². The van der Waals surface area contributed by atoms with Crippen molar-refractivity contribution < 1.29 is 13.2 Å². The van der Waals surface area contributed by atoms with Crippen molar-refractivity contribution in [3.05, 3.63) is 54.1 Å². The van der Waals surface area contributed by atoms with Gasteiger partial charge in [0.1, 0.15) is 15.7 Å². The van der Waals surface area contributed by atoms with Crippen LogP contribution in [0.5, 0.6) is 0 Å². The van der Waals surface area contributed by atoms with E-state index < -0.39 is 15.9 Å². The van der Waals surface area contributed by atoms with E-state index in [1.165, 1.54) is 0 Å². The maximum atomic E-state index is 12.0. The number of rotatable bonds is 7. The molecule has 0 radical (unpaired) electrons. The summed E-state index contributed by atoms with van der Waals surface area (Å²) in [6.45, 7) is 0.325. The second kappa shape index (κ2) is 7.89. The molecule has 2 aromatic carbocycles. The number of H-pyrrole nitrogens is 1. The minimum atomic E-state index is -3.13. The molecule has 3 rings (SSSR count). The number of nitrogens with one attached hydrogen (secondary N) is 2. The van der Waals surface area contributed by atoms with Crippen molar-refractivity contribution in [1.29, 1.82) is 0 Å². The summed E-state index contributed by atoms with van der Waals surface area (Å²) in [7, 11) is -3.13. The average molecular weight is 386 g/mol. The first kappa shape index (κ1) is 19.1. The molecule has 0 spiro atoms. The molecule has 7 nitrogen and oxygen atoms in total. The zero-order valence-electron chi connectivity index (χ0n) is 15.0. The highest BCUT2D eigenvalue weighted by Gasteiger charge is 2.15. The van der Waals surface area contributed by atoms with Crippen molar-refractivity contribution in [3.63, 3.8) is 0 Å². The van der Waals surface area contributed by atoms with E-state index >= 15 is 0 Å². The van der Waals surface area contributed by atoms with Gasteiger partial charge in [0, 0.05) is 18.4 Å². The van der Waals surface area contributed by atoms with Crippen LogP contribution in [0.2, 0.25) is 0 Å². The van der Waals surface area contributed by atoms with Gasteiger partial charge in [-0.25, -0.2) is 13.4 Å². The zero-order chi connectivity index (χ0) is 19.4. The van der Waals surface area contributed by atoms with E-state index in [0.29, 0.717) is 6.54 Å². The third kappa shape index (κ3) is 5.15. The Morgan fingerprint density at radius 1 is 1.19 bits per heavy atom. The highest BCUT2D eigenvalue weighted by Crippen LogP contribution is 2.20. The number of hydrogen-bond donors (Lipinski definition) is 3. The van der Waals surface area contributed by atoms with Gasteiger partial charge >= 0.3 is 0 Å². The topological polar surface area (TPSA) is 118 Å². The van der Waals surface area contributed by atoms with Crippen LogP contribution in [0.3, 0.4) is 0 Å². The Morgan fingerprint density at radius 2 is 1.89 bits per heavy atom. The van der Waals surface area contributed by atoms with Crippen molar-refractivity contribution in [1.82, 2.24) is 15.3 Å². The largest absolute Gasteiger partial charge is 0.351 e. The molecule has 4 N–H and O–H groups in total. The molecule has 0 saturated heterocycles. The Hall–Kier alpha value is -2.71. The van der Waals surface area contributed by atoms with Gasteiger partial charge < -0.3 is 16.0 Å². The number of nitrogens with zero attached hydrogens (tertiary/aromatic N) is 1. The maximum absolute atomic E-state index is 12.0. The van der Waals surface area contributed by atoms with Crippen LogP contribution in [0.4, 0.5) is 0 Å². The molecule has 142 valence electrons. The molecule has 1 aromatic heterocycles. The SMILES string of the molecule is CS(=O)(=O)CCC(N)C(=O)NCc1ccc(-c2nc3ccccc3[nH]2)cc1. The number of nitrogens with two attached hydrogens (primary N) is 1. The maximum Gasteiger partial charge on any atom is 0.237 e. The number of amides is 1. The summed E-state index contributed by atoms with van der Waals surface area (Å²) in [6, 6.07) is 14.7. The number of imidazole rings is 1.